The Bertz CT molecular complexity index is 571. The molecule has 0 unspecified atom stereocenters. The van der Waals surface area contributed by atoms with E-state index in [4.69, 9.17) is 22.1 Å². The Kier molecular flexibility index (Phi) is 9.80. The van der Waals surface area contributed by atoms with Crippen molar-refractivity contribution in [2.45, 2.75) is 34.1 Å². The Labute approximate surface area is 139 Å². The fourth-order valence-electron chi connectivity index (χ4n) is 1.60. The SMILES string of the molecule is C=C/C(Cl)=C\C(=C/C)Oc1ccc(N)cc1C(=C)CC.CC. The van der Waals surface area contributed by atoms with E-state index in [0.717, 1.165) is 17.6 Å². The molecule has 0 amide bonds. The second-order valence-electron chi connectivity index (χ2n) is 4.24. The molecule has 0 saturated carbocycles. The first-order valence-corrected chi connectivity index (χ1v) is 7.81. The molecule has 0 radical (unpaired) electrons. The molecule has 0 bridgehead atoms. The van der Waals surface area contributed by atoms with Gasteiger partial charge in [0.25, 0.3) is 0 Å². The number of halogens is 1. The number of allylic oxidation sites excluding steroid dienone is 5. The van der Waals surface area contributed by atoms with Crippen molar-refractivity contribution < 1.29 is 4.74 Å². The number of hydrogen-bond acceptors (Lipinski definition) is 2. The lowest BCUT2D eigenvalue weighted by molar-refractivity contribution is 0.442. The van der Waals surface area contributed by atoms with Gasteiger partial charge in [-0.15, -0.1) is 0 Å². The van der Waals surface area contributed by atoms with Gasteiger partial charge in [0.15, 0.2) is 0 Å². The van der Waals surface area contributed by atoms with Gasteiger partial charge in [0, 0.05) is 16.3 Å². The van der Waals surface area contributed by atoms with Crippen LogP contribution in [0.5, 0.6) is 5.75 Å². The van der Waals surface area contributed by atoms with E-state index in [9.17, 15) is 0 Å². The molecule has 0 aromatic heterocycles. The topological polar surface area (TPSA) is 35.2 Å². The minimum Gasteiger partial charge on any atom is -0.457 e. The molecule has 0 fully saturated rings. The van der Waals surface area contributed by atoms with Gasteiger partial charge in [-0.2, -0.15) is 0 Å². The van der Waals surface area contributed by atoms with Gasteiger partial charge < -0.3 is 10.5 Å². The highest BCUT2D eigenvalue weighted by atomic mass is 35.5. The third-order valence-electron chi connectivity index (χ3n) is 2.80. The summed E-state index contributed by atoms with van der Waals surface area (Å²) in [5, 5.41) is 0.518. The normalized spacial score (nSPS) is 11.3. The summed E-state index contributed by atoms with van der Waals surface area (Å²) in [7, 11) is 0. The molecule has 0 aliphatic rings. The summed E-state index contributed by atoms with van der Waals surface area (Å²) in [5.74, 6) is 1.36. The first-order valence-electron chi connectivity index (χ1n) is 7.43. The Morgan fingerprint density at radius 3 is 2.50 bits per heavy atom. The number of rotatable bonds is 6. The summed E-state index contributed by atoms with van der Waals surface area (Å²) in [6.45, 7) is 15.6. The Morgan fingerprint density at radius 2 is 2.00 bits per heavy atom. The van der Waals surface area contributed by atoms with Crippen molar-refractivity contribution >= 4 is 22.9 Å². The van der Waals surface area contributed by atoms with Crippen molar-refractivity contribution in [3.8, 4) is 5.75 Å². The van der Waals surface area contributed by atoms with Crippen LogP contribution in [-0.2, 0) is 0 Å². The monoisotopic (exact) mass is 319 g/mol. The molecule has 3 heteroatoms. The van der Waals surface area contributed by atoms with Crippen molar-refractivity contribution in [1.29, 1.82) is 0 Å². The molecule has 1 rings (SSSR count). The average Bonchev–Trinajstić information content (AvgIpc) is 2.56. The summed E-state index contributed by atoms with van der Waals surface area (Å²) in [6.07, 6.45) is 5.93. The lowest BCUT2D eigenvalue weighted by Crippen LogP contribution is -1.98. The second-order valence-corrected chi connectivity index (χ2v) is 4.68. The minimum absolute atomic E-state index is 0.518. The zero-order valence-corrected chi connectivity index (χ0v) is 14.7. The minimum atomic E-state index is 0.518. The quantitative estimate of drug-likeness (QED) is 0.379. The molecule has 22 heavy (non-hydrogen) atoms. The highest BCUT2D eigenvalue weighted by Crippen LogP contribution is 2.30. The summed E-state index contributed by atoms with van der Waals surface area (Å²) in [4.78, 5) is 0. The maximum Gasteiger partial charge on any atom is 0.135 e. The molecular formula is C19H26ClNO. The number of nitrogens with two attached hydrogens (primary N) is 1. The van der Waals surface area contributed by atoms with Gasteiger partial charge in [-0.1, -0.05) is 51.6 Å². The van der Waals surface area contributed by atoms with Crippen LogP contribution in [0.2, 0.25) is 0 Å². The van der Waals surface area contributed by atoms with E-state index in [0.29, 0.717) is 22.2 Å². The van der Waals surface area contributed by atoms with Crippen LogP contribution >= 0.6 is 11.6 Å². The molecule has 2 N–H and O–H groups in total. The van der Waals surface area contributed by atoms with E-state index in [2.05, 4.69) is 13.2 Å². The van der Waals surface area contributed by atoms with Gasteiger partial charge in [-0.3, -0.25) is 0 Å². The van der Waals surface area contributed by atoms with Gasteiger partial charge in [-0.25, -0.2) is 0 Å². The summed E-state index contributed by atoms with van der Waals surface area (Å²) >= 11 is 5.94. The van der Waals surface area contributed by atoms with Gasteiger partial charge in [-0.05, 0) is 49.3 Å². The van der Waals surface area contributed by atoms with Crippen LogP contribution in [0.4, 0.5) is 5.69 Å². The Balaban J connectivity index is 0.00000211. The van der Waals surface area contributed by atoms with E-state index < -0.39 is 0 Å². The van der Waals surface area contributed by atoms with Gasteiger partial charge in [0.2, 0.25) is 0 Å². The predicted molar refractivity (Wildman–Crippen MR) is 100 cm³/mol. The summed E-state index contributed by atoms with van der Waals surface area (Å²) in [6, 6.07) is 5.51. The largest absolute Gasteiger partial charge is 0.457 e. The number of hydrogen-bond donors (Lipinski definition) is 1. The molecule has 0 atom stereocenters. The van der Waals surface area contributed by atoms with Crippen LogP contribution in [0.25, 0.3) is 5.57 Å². The molecule has 0 spiro atoms. The number of ether oxygens (including phenoxy) is 1. The zero-order chi connectivity index (χ0) is 17.1. The van der Waals surface area contributed by atoms with Crippen LogP contribution in [0, 0.1) is 0 Å². The van der Waals surface area contributed by atoms with Crippen molar-refractivity contribution in [2.75, 3.05) is 5.73 Å². The van der Waals surface area contributed by atoms with E-state index in [1.165, 1.54) is 0 Å². The summed E-state index contributed by atoms with van der Waals surface area (Å²) in [5.41, 5.74) is 8.40. The first-order chi connectivity index (χ1) is 10.5. The van der Waals surface area contributed by atoms with Crippen LogP contribution in [0.1, 0.15) is 39.7 Å². The van der Waals surface area contributed by atoms with Crippen molar-refractivity contribution in [2.24, 2.45) is 0 Å². The molecule has 1 aromatic rings. The second kappa shape index (κ2) is 10.7. The first kappa shape index (κ1) is 20.1. The van der Waals surface area contributed by atoms with Crippen molar-refractivity contribution in [3.63, 3.8) is 0 Å². The fraction of sp³-hybridized carbons (Fsp3) is 0.263. The summed E-state index contributed by atoms with van der Waals surface area (Å²) < 4.78 is 5.88. The lowest BCUT2D eigenvalue weighted by Gasteiger charge is -2.13. The van der Waals surface area contributed by atoms with Crippen LogP contribution in [0.3, 0.4) is 0 Å². The zero-order valence-electron chi connectivity index (χ0n) is 13.9. The maximum absolute atomic E-state index is 5.94. The number of anilines is 1. The van der Waals surface area contributed by atoms with Gasteiger partial charge in [0.1, 0.15) is 11.5 Å². The molecule has 120 valence electrons. The molecule has 2 nitrogen and oxygen atoms in total. The predicted octanol–water partition coefficient (Wildman–Crippen LogP) is 6.31. The average molecular weight is 320 g/mol. The van der Waals surface area contributed by atoms with E-state index in [-0.39, 0.29) is 0 Å². The smallest absolute Gasteiger partial charge is 0.135 e. The van der Waals surface area contributed by atoms with Crippen molar-refractivity contribution in [1.82, 2.24) is 0 Å². The standard InChI is InChI=1S/C17H20ClNO.C2H6/c1-5-12(4)16-11-14(19)8-9-17(16)20-15(7-3)10-13(18)6-2;1-2/h6-11H,2,4-5,19H2,1,3H3;1-2H3/b13-10+,15-7+;. The highest BCUT2D eigenvalue weighted by molar-refractivity contribution is 6.31. The molecule has 0 aliphatic heterocycles. The highest BCUT2D eigenvalue weighted by Gasteiger charge is 2.08. The van der Waals surface area contributed by atoms with E-state index in [1.807, 2.05) is 45.9 Å². The number of benzene rings is 1. The molecular weight excluding hydrogens is 294 g/mol. The lowest BCUT2D eigenvalue weighted by atomic mass is 10.0. The van der Waals surface area contributed by atoms with Gasteiger partial charge in [0.05, 0.1) is 0 Å². The molecule has 0 aliphatic carbocycles. The number of nitrogen functional groups attached to an aromatic ring is 1. The van der Waals surface area contributed by atoms with E-state index in [1.54, 1.807) is 18.2 Å². The van der Waals surface area contributed by atoms with Crippen molar-refractivity contribution in [3.05, 3.63) is 65.9 Å². The third kappa shape index (κ3) is 6.23. The van der Waals surface area contributed by atoms with Crippen LogP contribution < -0.4 is 10.5 Å². The van der Waals surface area contributed by atoms with Crippen LogP contribution in [-0.4, -0.2) is 0 Å². The molecule has 0 saturated heterocycles. The Morgan fingerprint density at radius 1 is 1.36 bits per heavy atom. The maximum atomic E-state index is 5.94. The molecule has 1 aromatic carbocycles. The third-order valence-corrected chi connectivity index (χ3v) is 3.06. The molecule has 0 heterocycles. The van der Waals surface area contributed by atoms with Gasteiger partial charge >= 0.3 is 0 Å². The Hall–Kier alpha value is -1.93. The van der Waals surface area contributed by atoms with Crippen LogP contribution in [0.15, 0.2) is 60.4 Å². The van der Waals surface area contributed by atoms with E-state index >= 15 is 0 Å². The fourth-order valence-corrected chi connectivity index (χ4v) is 1.70.